The second-order valence-electron chi connectivity index (χ2n) is 5.64. The molecule has 0 saturated carbocycles. The van der Waals surface area contributed by atoms with Crippen LogP contribution in [0.25, 0.3) is 0 Å². The number of carboxylic acid groups (broad SMARTS) is 1. The van der Waals surface area contributed by atoms with Crippen LogP contribution in [0.2, 0.25) is 0 Å². The van der Waals surface area contributed by atoms with Crippen LogP contribution in [-0.2, 0) is 14.9 Å². The minimum atomic E-state index is -1.23. The van der Waals surface area contributed by atoms with Gasteiger partial charge in [-0.3, -0.25) is 4.79 Å². The maximum Gasteiger partial charge on any atom is 0.315 e. The van der Waals surface area contributed by atoms with Gasteiger partial charge in [0.05, 0.1) is 0 Å². The Kier molecular flexibility index (Phi) is 6.78. The van der Waals surface area contributed by atoms with E-state index in [0.29, 0.717) is 24.7 Å². The summed E-state index contributed by atoms with van der Waals surface area (Å²) >= 11 is 0. The third-order valence-corrected chi connectivity index (χ3v) is 3.67. The van der Waals surface area contributed by atoms with E-state index < -0.39 is 17.2 Å². The molecular formula is C16H24FNO3. The quantitative estimate of drug-likeness (QED) is 0.687. The van der Waals surface area contributed by atoms with Gasteiger partial charge in [-0.25, -0.2) is 4.39 Å². The third-order valence-electron chi connectivity index (χ3n) is 3.67. The molecule has 0 aliphatic heterocycles. The summed E-state index contributed by atoms with van der Waals surface area (Å²) < 4.78 is 18.5. The van der Waals surface area contributed by atoms with Gasteiger partial charge in [-0.2, -0.15) is 0 Å². The maximum absolute atomic E-state index is 13.0. The van der Waals surface area contributed by atoms with E-state index in [2.05, 4.69) is 13.8 Å². The summed E-state index contributed by atoms with van der Waals surface area (Å²) in [6.07, 6.45) is 1.20. The molecule has 0 spiro atoms. The Morgan fingerprint density at radius 1 is 1.33 bits per heavy atom. The molecule has 0 radical (unpaired) electrons. The first kappa shape index (κ1) is 17.6. The van der Waals surface area contributed by atoms with Gasteiger partial charge in [0, 0.05) is 19.8 Å². The van der Waals surface area contributed by atoms with Gasteiger partial charge in [0.25, 0.3) is 0 Å². The van der Waals surface area contributed by atoms with Crippen molar-refractivity contribution < 1.29 is 19.0 Å². The molecule has 1 aromatic carbocycles. The molecule has 0 fully saturated rings. The highest BCUT2D eigenvalue weighted by atomic mass is 19.1. The van der Waals surface area contributed by atoms with Crippen LogP contribution < -0.4 is 5.73 Å². The zero-order valence-corrected chi connectivity index (χ0v) is 12.6. The molecule has 0 heterocycles. The van der Waals surface area contributed by atoms with Crippen molar-refractivity contribution in [3.63, 3.8) is 0 Å². The molecule has 1 atom stereocenters. The molecule has 0 saturated heterocycles. The Bertz CT molecular complexity index is 447. The van der Waals surface area contributed by atoms with E-state index in [-0.39, 0.29) is 13.0 Å². The molecule has 0 aliphatic rings. The van der Waals surface area contributed by atoms with Crippen molar-refractivity contribution in [1.29, 1.82) is 0 Å². The summed E-state index contributed by atoms with van der Waals surface area (Å²) in [5.74, 6) is -0.867. The maximum atomic E-state index is 13.0. The number of ether oxygens (including phenoxy) is 1. The van der Waals surface area contributed by atoms with Crippen LogP contribution in [0.5, 0.6) is 0 Å². The number of halogens is 1. The number of carbonyl (C=O) groups is 1. The molecule has 21 heavy (non-hydrogen) atoms. The predicted octanol–water partition coefficient (Wildman–Crippen LogP) is 2.56. The fourth-order valence-electron chi connectivity index (χ4n) is 2.12. The van der Waals surface area contributed by atoms with Gasteiger partial charge in [0.1, 0.15) is 11.2 Å². The van der Waals surface area contributed by atoms with Crippen molar-refractivity contribution in [3.05, 3.63) is 35.6 Å². The van der Waals surface area contributed by atoms with Crippen molar-refractivity contribution in [2.45, 2.75) is 32.1 Å². The monoisotopic (exact) mass is 297 g/mol. The zero-order chi connectivity index (χ0) is 15.9. The fourth-order valence-corrected chi connectivity index (χ4v) is 2.12. The lowest BCUT2D eigenvalue weighted by atomic mass is 9.78. The van der Waals surface area contributed by atoms with E-state index >= 15 is 0 Å². The van der Waals surface area contributed by atoms with Gasteiger partial charge in [0.15, 0.2) is 0 Å². The Morgan fingerprint density at radius 3 is 2.43 bits per heavy atom. The lowest BCUT2D eigenvalue weighted by Gasteiger charge is -2.28. The van der Waals surface area contributed by atoms with E-state index in [0.717, 1.165) is 6.42 Å². The Labute approximate surface area is 125 Å². The average molecular weight is 297 g/mol. The molecule has 0 aromatic heterocycles. The van der Waals surface area contributed by atoms with Crippen molar-refractivity contribution in [2.24, 2.45) is 11.7 Å². The summed E-state index contributed by atoms with van der Waals surface area (Å²) in [5, 5.41) is 9.56. The Hall–Kier alpha value is -1.46. The van der Waals surface area contributed by atoms with Gasteiger partial charge in [-0.15, -0.1) is 0 Å². The van der Waals surface area contributed by atoms with Crippen molar-refractivity contribution in [1.82, 2.24) is 0 Å². The van der Waals surface area contributed by atoms with Crippen LogP contribution in [-0.4, -0.2) is 30.8 Å². The molecule has 118 valence electrons. The molecule has 1 rings (SSSR count). The van der Waals surface area contributed by atoms with Crippen LogP contribution in [0.3, 0.4) is 0 Å². The number of rotatable bonds is 9. The molecule has 0 amide bonds. The second kappa shape index (κ2) is 8.10. The van der Waals surface area contributed by atoms with Crippen LogP contribution >= 0.6 is 0 Å². The van der Waals surface area contributed by atoms with Crippen molar-refractivity contribution in [2.75, 3.05) is 19.8 Å². The number of hydrogen-bond donors (Lipinski definition) is 2. The van der Waals surface area contributed by atoms with E-state index in [1.165, 1.54) is 24.3 Å². The van der Waals surface area contributed by atoms with E-state index in [1.807, 2.05) is 0 Å². The average Bonchev–Trinajstić information content (AvgIpc) is 2.43. The van der Waals surface area contributed by atoms with Gasteiger partial charge >= 0.3 is 5.97 Å². The first-order chi connectivity index (χ1) is 9.92. The Morgan fingerprint density at radius 2 is 1.95 bits per heavy atom. The highest BCUT2D eigenvalue weighted by molar-refractivity contribution is 5.81. The Balaban J connectivity index is 2.75. The van der Waals surface area contributed by atoms with Crippen LogP contribution in [0.1, 0.15) is 32.3 Å². The summed E-state index contributed by atoms with van der Waals surface area (Å²) in [5.41, 5.74) is 4.99. The zero-order valence-electron chi connectivity index (χ0n) is 12.6. The largest absolute Gasteiger partial charge is 0.481 e. The summed E-state index contributed by atoms with van der Waals surface area (Å²) in [6, 6.07) is 5.46. The first-order valence-corrected chi connectivity index (χ1v) is 7.19. The van der Waals surface area contributed by atoms with E-state index in [9.17, 15) is 14.3 Å². The standard InChI is InChI=1S/C16H24FNO3/c1-12(2)7-9-21-10-8-16(11-18,15(19)20)13-3-5-14(17)6-4-13/h3-6,12H,7-11,18H2,1-2H3,(H,19,20). The van der Waals surface area contributed by atoms with E-state index in [1.54, 1.807) is 0 Å². The summed E-state index contributed by atoms with van der Waals surface area (Å²) in [6.45, 7) is 5.06. The molecule has 3 N–H and O–H groups in total. The smallest absolute Gasteiger partial charge is 0.315 e. The van der Waals surface area contributed by atoms with Crippen molar-refractivity contribution >= 4 is 5.97 Å². The molecule has 1 unspecified atom stereocenters. The van der Waals surface area contributed by atoms with E-state index in [4.69, 9.17) is 10.5 Å². The lowest BCUT2D eigenvalue weighted by Crippen LogP contribution is -2.44. The molecule has 4 nitrogen and oxygen atoms in total. The van der Waals surface area contributed by atoms with Crippen LogP contribution in [0.15, 0.2) is 24.3 Å². The van der Waals surface area contributed by atoms with Crippen LogP contribution in [0.4, 0.5) is 4.39 Å². The topological polar surface area (TPSA) is 72.5 Å². The normalized spacial score (nSPS) is 14.1. The molecule has 1 aromatic rings. The van der Waals surface area contributed by atoms with Gasteiger partial charge in [-0.05, 0) is 36.5 Å². The number of hydrogen-bond acceptors (Lipinski definition) is 3. The number of aliphatic carboxylic acids is 1. The van der Waals surface area contributed by atoms with Gasteiger partial charge < -0.3 is 15.6 Å². The minimum Gasteiger partial charge on any atom is -0.481 e. The highest BCUT2D eigenvalue weighted by Gasteiger charge is 2.38. The number of benzene rings is 1. The molecule has 0 bridgehead atoms. The minimum absolute atomic E-state index is 0.0541. The summed E-state index contributed by atoms with van der Waals surface area (Å²) in [4.78, 5) is 11.7. The van der Waals surface area contributed by atoms with Crippen molar-refractivity contribution in [3.8, 4) is 0 Å². The van der Waals surface area contributed by atoms with Gasteiger partial charge in [-0.1, -0.05) is 26.0 Å². The second-order valence-corrected chi connectivity index (χ2v) is 5.64. The molecule has 0 aliphatic carbocycles. The molecule has 5 heteroatoms. The SMILES string of the molecule is CC(C)CCOCCC(CN)(C(=O)O)c1ccc(F)cc1. The highest BCUT2D eigenvalue weighted by Crippen LogP contribution is 2.28. The van der Waals surface area contributed by atoms with Gasteiger partial charge in [0.2, 0.25) is 0 Å². The van der Waals surface area contributed by atoms with Crippen LogP contribution in [0, 0.1) is 11.7 Å². The lowest BCUT2D eigenvalue weighted by molar-refractivity contribution is -0.144. The summed E-state index contributed by atoms with van der Waals surface area (Å²) in [7, 11) is 0. The fraction of sp³-hybridized carbons (Fsp3) is 0.562. The third kappa shape index (κ3) is 4.79. The number of carboxylic acids is 1. The predicted molar refractivity (Wildman–Crippen MR) is 79.7 cm³/mol. The first-order valence-electron chi connectivity index (χ1n) is 7.19. The number of nitrogens with two attached hydrogens (primary N) is 1. The molecular weight excluding hydrogens is 273 g/mol.